The molecule has 2 N–H and O–H groups in total. The molecule has 32 heavy (non-hydrogen) atoms. The van der Waals surface area contributed by atoms with Gasteiger partial charge in [0.15, 0.2) is 5.54 Å². The molecule has 3 aliphatic rings. The van der Waals surface area contributed by atoms with Gasteiger partial charge in [-0.3, -0.25) is 0 Å². The Balaban J connectivity index is 1.42. The zero-order valence-corrected chi connectivity index (χ0v) is 16.8. The summed E-state index contributed by atoms with van der Waals surface area (Å²) in [4.78, 5) is 12.8. The zero-order valence-electron chi connectivity index (χ0n) is 16.8. The molecule has 9 heteroatoms. The first-order valence-electron chi connectivity index (χ1n) is 10.2. The largest absolute Gasteiger partial charge is 0.493 e. The van der Waals surface area contributed by atoms with Crippen LogP contribution >= 0.6 is 0 Å². The van der Waals surface area contributed by atoms with Gasteiger partial charge in [-0.25, -0.2) is 23.7 Å². The smallest absolute Gasteiger partial charge is 0.283 e. The number of hydrogen-bond acceptors (Lipinski definition) is 7. The van der Waals surface area contributed by atoms with Crippen LogP contribution in [-0.2, 0) is 10.3 Å². The molecule has 2 aliphatic heterocycles. The number of benzene rings is 2. The standard InChI is InChI=1S/C23H18F2N4O3/c24-23(25)7-15(23)10-30-16-2-4-20-18(6-16)22(11-31-21(26)29-22)17-5-13(1-3-19(17)32-20)14-8-27-12-28-9-14/h1-6,8-9,12,15H,7,10-11H2,(H2,26,29)/t15?,22-/m0/s1. The third kappa shape index (κ3) is 2.96. The van der Waals surface area contributed by atoms with Gasteiger partial charge in [-0.2, -0.15) is 0 Å². The highest BCUT2D eigenvalue weighted by Gasteiger charge is 2.57. The molecule has 162 valence electrons. The van der Waals surface area contributed by atoms with Crippen LogP contribution in [0.25, 0.3) is 11.1 Å². The topological polar surface area (TPSA) is 91.9 Å². The molecular formula is C23H18F2N4O3. The molecule has 0 amide bonds. The van der Waals surface area contributed by atoms with E-state index in [0.717, 1.165) is 16.7 Å². The highest BCUT2D eigenvalue weighted by molar-refractivity contribution is 5.78. The molecule has 2 atom stereocenters. The SMILES string of the molecule is NC1=N[C@]2(CO1)c1cc(OCC3CC3(F)F)ccc1Oc1ccc(-c3cncnc3)cc12. The number of hydrogen-bond donors (Lipinski definition) is 1. The molecule has 7 nitrogen and oxygen atoms in total. The molecule has 6 rings (SSSR count). The van der Waals surface area contributed by atoms with Crippen molar-refractivity contribution in [3.05, 3.63) is 66.2 Å². The second kappa shape index (κ2) is 6.62. The second-order valence-corrected chi connectivity index (χ2v) is 8.17. The summed E-state index contributed by atoms with van der Waals surface area (Å²) in [5.41, 5.74) is 8.20. The monoisotopic (exact) mass is 436 g/mol. The number of alkyl halides is 2. The Labute approximate surface area is 181 Å². The Morgan fingerprint density at radius 1 is 1.03 bits per heavy atom. The van der Waals surface area contributed by atoms with Crippen LogP contribution < -0.4 is 15.2 Å². The summed E-state index contributed by atoms with van der Waals surface area (Å²) in [5.74, 6) is -1.70. The number of rotatable bonds is 4. The van der Waals surface area contributed by atoms with E-state index in [4.69, 9.17) is 19.9 Å². The van der Waals surface area contributed by atoms with Gasteiger partial charge in [0.05, 0.1) is 12.5 Å². The Morgan fingerprint density at radius 2 is 1.75 bits per heavy atom. The number of nitrogens with two attached hydrogens (primary N) is 1. The fourth-order valence-electron chi connectivity index (χ4n) is 4.20. The van der Waals surface area contributed by atoms with Crippen molar-refractivity contribution >= 4 is 6.02 Å². The van der Waals surface area contributed by atoms with Crippen molar-refractivity contribution in [2.75, 3.05) is 13.2 Å². The van der Waals surface area contributed by atoms with E-state index < -0.39 is 17.4 Å². The Kier molecular flexibility index (Phi) is 3.93. The lowest BCUT2D eigenvalue weighted by Crippen LogP contribution is -2.31. The van der Waals surface area contributed by atoms with E-state index in [2.05, 4.69) is 15.0 Å². The van der Waals surface area contributed by atoms with Crippen LogP contribution in [0.5, 0.6) is 17.2 Å². The summed E-state index contributed by atoms with van der Waals surface area (Å²) < 4.78 is 43.9. The van der Waals surface area contributed by atoms with Gasteiger partial charge >= 0.3 is 0 Å². The molecule has 0 radical (unpaired) electrons. The van der Waals surface area contributed by atoms with Crippen molar-refractivity contribution in [3.8, 4) is 28.4 Å². The predicted molar refractivity (Wildman–Crippen MR) is 111 cm³/mol. The highest BCUT2D eigenvalue weighted by atomic mass is 19.3. The summed E-state index contributed by atoms with van der Waals surface area (Å²) in [7, 11) is 0. The van der Waals surface area contributed by atoms with Crippen LogP contribution in [0.3, 0.4) is 0 Å². The molecule has 1 spiro atoms. The molecule has 1 fully saturated rings. The summed E-state index contributed by atoms with van der Waals surface area (Å²) in [6.45, 7) is 0.136. The molecule has 1 aliphatic carbocycles. The average molecular weight is 436 g/mol. The minimum absolute atomic E-state index is 0.0453. The van der Waals surface area contributed by atoms with Gasteiger partial charge < -0.3 is 19.9 Å². The highest BCUT2D eigenvalue weighted by Crippen LogP contribution is 2.53. The first-order valence-corrected chi connectivity index (χ1v) is 10.2. The summed E-state index contributed by atoms with van der Waals surface area (Å²) in [6, 6.07) is 11.0. The van der Waals surface area contributed by atoms with Crippen molar-refractivity contribution in [2.45, 2.75) is 17.9 Å². The molecule has 3 aromatic rings. The number of amidine groups is 1. The third-order valence-corrected chi connectivity index (χ3v) is 6.07. The van der Waals surface area contributed by atoms with Crippen LogP contribution in [0.1, 0.15) is 17.5 Å². The van der Waals surface area contributed by atoms with E-state index in [0.29, 0.717) is 22.8 Å². The quantitative estimate of drug-likeness (QED) is 0.668. The Hall–Kier alpha value is -3.75. The van der Waals surface area contributed by atoms with Crippen molar-refractivity contribution in [1.82, 2.24) is 9.97 Å². The number of halogens is 2. The van der Waals surface area contributed by atoms with Crippen LogP contribution in [0, 0.1) is 5.92 Å². The first-order chi connectivity index (χ1) is 15.4. The van der Waals surface area contributed by atoms with Crippen molar-refractivity contribution in [2.24, 2.45) is 16.6 Å². The molecular weight excluding hydrogens is 418 g/mol. The Morgan fingerprint density at radius 3 is 2.44 bits per heavy atom. The number of aliphatic imine (C=N–C) groups is 1. The predicted octanol–water partition coefficient (Wildman–Crippen LogP) is 3.87. The molecule has 0 bridgehead atoms. The number of aromatic nitrogens is 2. The van der Waals surface area contributed by atoms with Gasteiger partial charge in [-0.15, -0.1) is 0 Å². The van der Waals surface area contributed by atoms with E-state index in [9.17, 15) is 8.78 Å². The number of ether oxygens (including phenoxy) is 3. The van der Waals surface area contributed by atoms with Gasteiger partial charge in [0, 0.05) is 35.5 Å². The lowest BCUT2D eigenvalue weighted by atomic mass is 9.80. The van der Waals surface area contributed by atoms with Crippen molar-refractivity contribution < 1.29 is 23.0 Å². The third-order valence-electron chi connectivity index (χ3n) is 6.07. The van der Waals surface area contributed by atoms with Gasteiger partial charge in [0.1, 0.15) is 30.2 Å². The van der Waals surface area contributed by atoms with Gasteiger partial charge in [0.2, 0.25) is 0 Å². The molecule has 3 heterocycles. The van der Waals surface area contributed by atoms with Crippen molar-refractivity contribution in [3.63, 3.8) is 0 Å². The maximum absolute atomic E-state index is 13.2. The summed E-state index contributed by atoms with van der Waals surface area (Å²) in [6.07, 6.45) is 4.78. The van der Waals surface area contributed by atoms with E-state index in [1.54, 1.807) is 30.6 Å². The summed E-state index contributed by atoms with van der Waals surface area (Å²) in [5, 5.41) is 0. The van der Waals surface area contributed by atoms with Gasteiger partial charge in [-0.1, -0.05) is 6.07 Å². The van der Waals surface area contributed by atoms with Crippen LogP contribution in [0.2, 0.25) is 0 Å². The van der Waals surface area contributed by atoms with Crippen LogP contribution in [0.15, 0.2) is 60.1 Å². The maximum atomic E-state index is 13.2. The number of fused-ring (bicyclic) bond motifs is 4. The first kappa shape index (κ1) is 19.0. The van der Waals surface area contributed by atoms with Crippen LogP contribution in [0.4, 0.5) is 8.78 Å². The fraction of sp³-hybridized carbons (Fsp3) is 0.261. The lowest BCUT2D eigenvalue weighted by molar-refractivity contribution is 0.0855. The lowest BCUT2D eigenvalue weighted by Gasteiger charge is -2.34. The second-order valence-electron chi connectivity index (χ2n) is 8.17. The van der Waals surface area contributed by atoms with Gasteiger partial charge in [-0.05, 0) is 35.9 Å². The molecule has 1 unspecified atom stereocenters. The molecule has 0 saturated heterocycles. The summed E-state index contributed by atoms with van der Waals surface area (Å²) >= 11 is 0. The number of nitrogens with zero attached hydrogens (tertiary/aromatic N) is 3. The fourth-order valence-corrected chi connectivity index (χ4v) is 4.20. The van der Waals surface area contributed by atoms with E-state index in [1.807, 2.05) is 18.2 Å². The van der Waals surface area contributed by atoms with Gasteiger partial charge in [0.25, 0.3) is 11.9 Å². The van der Waals surface area contributed by atoms with E-state index in [-0.39, 0.29) is 25.7 Å². The van der Waals surface area contributed by atoms with E-state index >= 15 is 0 Å². The molecule has 1 saturated carbocycles. The van der Waals surface area contributed by atoms with Crippen LogP contribution in [-0.4, -0.2) is 35.1 Å². The minimum Gasteiger partial charge on any atom is -0.493 e. The average Bonchev–Trinajstić information content (AvgIpc) is 3.23. The molecule has 2 aromatic carbocycles. The normalized spacial score (nSPS) is 24.1. The zero-order chi connectivity index (χ0) is 21.9. The van der Waals surface area contributed by atoms with Crippen molar-refractivity contribution in [1.29, 1.82) is 0 Å². The maximum Gasteiger partial charge on any atom is 0.283 e. The molecule has 1 aromatic heterocycles. The Bertz CT molecular complexity index is 1250. The minimum atomic E-state index is -2.63. The van der Waals surface area contributed by atoms with E-state index in [1.165, 1.54) is 6.33 Å².